The predicted molar refractivity (Wildman–Crippen MR) is 96.9 cm³/mol. The zero-order valence-electron chi connectivity index (χ0n) is 14.4. The highest BCUT2D eigenvalue weighted by Gasteiger charge is 2.22. The third-order valence-corrected chi connectivity index (χ3v) is 4.70. The molecule has 0 aromatic heterocycles. The number of carbonyl (C=O) groups is 2. The second kappa shape index (κ2) is 8.31. The fourth-order valence-electron chi connectivity index (χ4n) is 2.28. The zero-order valence-corrected chi connectivity index (χ0v) is 16.0. The minimum Gasteiger partial charge on any atom is -0.399 e. The molecule has 3 rings (SSSR count). The van der Waals surface area contributed by atoms with Crippen molar-refractivity contribution in [3.8, 4) is 0 Å². The molecule has 2 heterocycles. The first kappa shape index (κ1) is 19.7. The Hall–Kier alpha value is -3.06. The fourth-order valence-corrected chi connectivity index (χ4v) is 3.27. The van der Waals surface area contributed by atoms with E-state index in [0.29, 0.717) is 0 Å². The summed E-state index contributed by atoms with van der Waals surface area (Å²) >= 11 is -3.79. The van der Waals surface area contributed by atoms with E-state index in [1.807, 2.05) is 0 Å². The summed E-state index contributed by atoms with van der Waals surface area (Å²) in [4.78, 5) is 26.2. The molecule has 0 saturated carbocycles. The number of hydrogen-bond donors (Lipinski definition) is 2. The number of rotatable bonds is 6. The molecule has 0 bridgehead atoms. The number of nitrogen functional groups attached to an aromatic ring is 1. The Morgan fingerprint density at radius 1 is 1.04 bits per heavy atom. The van der Waals surface area contributed by atoms with Crippen LogP contribution in [-0.2, 0) is 39.5 Å². The minimum atomic E-state index is -1.89. The summed E-state index contributed by atoms with van der Waals surface area (Å²) in [6.07, 6.45) is 2.30. The summed E-state index contributed by atoms with van der Waals surface area (Å²) in [5.74, 6) is -0.539. The van der Waals surface area contributed by atoms with Crippen molar-refractivity contribution in [2.45, 2.75) is 0 Å². The first-order valence-electron chi connectivity index (χ1n) is 7.68. The Bertz CT molecular complexity index is 930. The molecule has 0 spiro atoms. The molecule has 28 heavy (non-hydrogen) atoms. The number of benzene rings is 1. The highest BCUT2D eigenvalue weighted by molar-refractivity contribution is 7.75. The number of nitrogens with two attached hydrogens (primary N) is 1. The van der Waals surface area contributed by atoms with E-state index < -0.39 is 34.5 Å². The highest BCUT2D eigenvalue weighted by Crippen LogP contribution is 2.17. The topological polar surface area (TPSA) is 146 Å². The number of anilines is 1. The monoisotopic (exact) mass is 429 g/mol. The van der Waals surface area contributed by atoms with Gasteiger partial charge < -0.3 is 32.7 Å². The largest absolute Gasteiger partial charge is 0.417 e. The van der Waals surface area contributed by atoms with Crippen molar-refractivity contribution in [2.24, 2.45) is 0 Å². The van der Waals surface area contributed by atoms with E-state index in [9.17, 15) is 18.0 Å². The van der Waals surface area contributed by atoms with Gasteiger partial charge in [-0.1, -0.05) is 0 Å². The van der Waals surface area contributed by atoms with Gasteiger partial charge in [-0.3, -0.25) is 9.59 Å². The normalized spacial score (nSPS) is 20.0. The molecule has 2 atom stereocenters. The first-order chi connectivity index (χ1) is 13.3. The van der Waals surface area contributed by atoms with Gasteiger partial charge in [-0.25, -0.2) is 0 Å². The van der Waals surface area contributed by atoms with Crippen LogP contribution in [-0.4, -0.2) is 45.3 Å². The van der Waals surface area contributed by atoms with Gasteiger partial charge in [0.1, 0.15) is 12.5 Å². The van der Waals surface area contributed by atoms with E-state index in [4.69, 9.17) is 14.1 Å². The van der Waals surface area contributed by atoms with Crippen LogP contribution in [0.1, 0.15) is 20.7 Å². The first-order valence-corrected chi connectivity index (χ1v) is 9.68. The van der Waals surface area contributed by atoms with E-state index >= 15 is 0 Å². The lowest BCUT2D eigenvalue weighted by atomic mass is 10.1. The molecule has 0 fully saturated rings. The smallest absolute Gasteiger partial charge is 0.399 e. The van der Waals surface area contributed by atoms with Crippen LogP contribution in [0.5, 0.6) is 0 Å². The van der Waals surface area contributed by atoms with Crippen LogP contribution in [0.15, 0.2) is 42.2 Å². The van der Waals surface area contributed by atoms with Crippen molar-refractivity contribution in [2.75, 3.05) is 25.9 Å². The standard InChI is InChI=1S/C15H15N3O8S2/c1-18(6-13-8-24-28(22)26-13)15(20)10-2-9(3-11(16)4-10)14(19)17-5-12-7-23-27(21)25-12/h2-4,7-8H,5-6,16H2,1H3,(H,17,19). The van der Waals surface area contributed by atoms with Crippen molar-refractivity contribution in [3.05, 3.63) is 53.4 Å². The van der Waals surface area contributed by atoms with Crippen molar-refractivity contribution in [1.29, 1.82) is 0 Å². The summed E-state index contributed by atoms with van der Waals surface area (Å²) in [6, 6.07) is 4.21. The molecule has 13 heteroatoms. The average molecular weight is 429 g/mol. The van der Waals surface area contributed by atoms with Crippen molar-refractivity contribution in [3.63, 3.8) is 0 Å². The quantitative estimate of drug-likeness (QED) is 0.597. The summed E-state index contributed by atoms with van der Waals surface area (Å²) in [7, 11) is 1.50. The maximum atomic E-state index is 12.6. The lowest BCUT2D eigenvalue weighted by molar-refractivity contribution is 0.0796. The Morgan fingerprint density at radius 2 is 1.64 bits per heavy atom. The number of nitrogens with one attached hydrogen (secondary N) is 1. The molecule has 1 aromatic rings. The van der Waals surface area contributed by atoms with E-state index in [2.05, 4.69) is 13.7 Å². The second-order valence-corrected chi connectivity index (χ2v) is 7.16. The fraction of sp³-hybridized carbons (Fsp3) is 0.200. The van der Waals surface area contributed by atoms with Crippen LogP contribution >= 0.6 is 0 Å². The zero-order chi connectivity index (χ0) is 20.3. The molecule has 2 amide bonds. The molecular formula is C15H15N3O8S2. The number of carbonyl (C=O) groups excluding carboxylic acids is 2. The molecule has 2 aliphatic rings. The van der Waals surface area contributed by atoms with Gasteiger partial charge in [0.05, 0.1) is 13.1 Å². The third-order valence-electron chi connectivity index (χ3n) is 3.49. The van der Waals surface area contributed by atoms with E-state index in [0.717, 1.165) is 12.5 Å². The molecule has 3 N–H and O–H groups in total. The van der Waals surface area contributed by atoms with Crippen LogP contribution in [0.2, 0.25) is 0 Å². The molecule has 1 aromatic carbocycles. The third kappa shape index (κ3) is 4.80. The Morgan fingerprint density at radius 3 is 2.25 bits per heavy atom. The van der Waals surface area contributed by atoms with Gasteiger partial charge in [0.15, 0.2) is 11.5 Å². The molecule has 0 radical (unpaired) electrons. The number of nitrogens with zero attached hydrogens (tertiary/aromatic N) is 1. The lowest BCUT2D eigenvalue weighted by Crippen LogP contribution is -2.30. The molecular weight excluding hydrogens is 414 g/mol. The van der Waals surface area contributed by atoms with Crippen molar-refractivity contribution >= 4 is 40.2 Å². The maximum Gasteiger partial charge on any atom is 0.417 e. The van der Waals surface area contributed by atoms with Crippen LogP contribution in [0.25, 0.3) is 0 Å². The summed E-state index contributed by atoms with van der Waals surface area (Å²) in [5.41, 5.74) is 6.35. The minimum absolute atomic E-state index is 0.0174. The summed E-state index contributed by atoms with van der Waals surface area (Å²) in [6.45, 7) is -0.0330. The maximum absolute atomic E-state index is 12.6. The van der Waals surface area contributed by atoms with Crippen molar-refractivity contribution < 1.29 is 34.7 Å². The Labute approximate surface area is 164 Å². The Kier molecular flexibility index (Phi) is 5.84. The van der Waals surface area contributed by atoms with E-state index in [1.54, 1.807) is 0 Å². The van der Waals surface area contributed by atoms with Crippen LogP contribution in [0.4, 0.5) is 5.69 Å². The Balaban J connectivity index is 1.66. The van der Waals surface area contributed by atoms with Gasteiger partial charge in [0.25, 0.3) is 11.8 Å². The van der Waals surface area contributed by atoms with Gasteiger partial charge in [-0.15, -0.1) is 0 Å². The van der Waals surface area contributed by atoms with Crippen LogP contribution in [0, 0.1) is 0 Å². The number of likely N-dealkylation sites (N-methyl/N-ethyl adjacent to an activating group) is 1. The van der Waals surface area contributed by atoms with Crippen LogP contribution in [0.3, 0.4) is 0 Å². The number of hydrogen-bond acceptors (Lipinski definition) is 9. The predicted octanol–water partition coefficient (Wildman–Crippen LogP) is 0.00440. The van der Waals surface area contributed by atoms with E-state index in [1.165, 1.54) is 30.1 Å². The molecule has 2 unspecified atom stereocenters. The summed E-state index contributed by atoms with van der Waals surface area (Å²) in [5, 5.41) is 2.54. The average Bonchev–Trinajstić information content (AvgIpc) is 3.26. The van der Waals surface area contributed by atoms with Gasteiger partial charge in [0, 0.05) is 23.9 Å². The molecule has 0 aliphatic carbocycles. The van der Waals surface area contributed by atoms with Crippen LogP contribution < -0.4 is 11.1 Å². The van der Waals surface area contributed by atoms with Gasteiger partial charge >= 0.3 is 22.7 Å². The second-order valence-electron chi connectivity index (χ2n) is 5.62. The molecule has 150 valence electrons. The van der Waals surface area contributed by atoms with E-state index in [-0.39, 0.29) is 41.4 Å². The van der Waals surface area contributed by atoms with Crippen molar-refractivity contribution in [1.82, 2.24) is 10.2 Å². The SMILES string of the molecule is CN(CC1=COS(=O)O1)C(=O)c1cc(N)cc(C(=O)NCC2=COS(=O)O2)c1. The van der Waals surface area contributed by atoms with Gasteiger partial charge in [-0.05, 0) is 18.2 Å². The highest BCUT2D eigenvalue weighted by atomic mass is 32.2. The van der Waals surface area contributed by atoms with Gasteiger partial charge in [-0.2, -0.15) is 8.42 Å². The lowest BCUT2D eigenvalue weighted by Gasteiger charge is -2.17. The molecule has 2 aliphatic heterocycles. The molecule has 11 nitrogen and oxygen atoms in total. The molecule has 0 saturated heterocycles. The number of amides is 2. The van der Waals surface area contributed by atoms with Gasteiger partial charge in [0.2, 0.25) is 0 Å². The summed E-state index contributed by atoms with van der Waals surface area (Å²) < 4.78 is 40.9.